The maximum atomic E-state index is 13.4. The smallest absolute Gasteiger partial charge is 0.313 e. The van der Waals surface area contributed by atoms with Gasteiger partial charge in [-0.25, -0.2) is 9.37 Å². The van der Waals surface area contributed by atoms with Crippen molar-refractivity contribution in [3.05, 3.63) is 24.0 Å². The molecule has 1 aromatic carbocycles. The monoisotopic (exact) mass is 310 g/mol. The SMILES string of the molecule is CCCC(CC)n1c(SCC(=O)O)nc2cc(F)ccc21. The fourth-order valence-electron chi connectivity index (χ4n) is 2.48. The number of carbonyl (C=O) groups is 1. The zero-order valence-corrected chi connectivity index (χ0v) is 13.0. The van der Waals surface area contributed by atoms with Gasteiger partial charge in [0.2, 0.25) is 0 Å². The fraction of sp³-hybridized carbons (Fsp3) is 0.467. The van der Waals surface area contributed by atoms with E-state index in [1.165, 1.54) is 23.9 Å². The van der Waals surface area contributed by atoms with Gasteiger partial charge >= 0.3 is 5.97 Å². The molecular formula is C15H19FN2O2S. The lowest BCUT2D eigenvalue weighted by atomic mass is 10.1. The Morgan fingerprint density at radius 2 is 2.24 bits per heavy atom. The Labute approximate surface area is 127 Å². The molecule has 0 saturated heterocycles. The average molecular weight is 310 g/mol. The molecule has 0 aliphatic carbocycles. The normalized spacial score (nSPS) is 12.7. The summed E-state index contributed by atoms with van der Waals surface area (Å²) >= 11 is 1.19. The Balaban J connectivity index is 2.50. The van der Waals surface area contributed by atoms with Crippen LogP contribution in [-0.4, -0.2) is 26.4 Å². The molecule has 0 spiro atoms. The molecule has 2 rings (SSSR count). The number of rotatable bonds is 7. The Morgan fingerprint density at radius 1 is 1.48 bits per heavy atom. The number of carboxylic acid groups (broad SMARTS) is 1. The Bertz CT molecular complexity index is 642. The van der Waals surface area contributed by atoms with Gasteiger partial charge in [0.05, 0.1) is 16.8 Å². The topological polar surface area (TPSA) is 55.1 Å². The quantitative estimate of drug-likeness (QED) is 0.782. The molecule has 0 bridgehead atoms. The van der Waals surface area contributed by atoms with Gasteiger partial charge in [-0.15, -0.1) is 0 Å². The Kier molecular flexibility index (Phi) is 5.22. The minimum atomic E-state index is -0.881. The number of halogens is 1. The standard InChI is InChI=1S/C15H19FN2O2S/c1-3-5-11(4-2)18-13-7-6-10(16)8-12(13)17-15(18)21-9-14(19)20/h6-8,11H,3-5,9H2,1-2H3,(H,19,20). The predicted molar refractivity (Wildman–Crippen MR) is 82.3 cm³/mol. The number of thioether (sulfide) groups is 1. The van der Waals surface area contributed by atoms with Crippen LogP contribution in [0.5, 0.6) is 0 Å². The third-order valence-electron chi connectivity index (χ3n) is 3.40. The van der Waals surface area contributed by atoms with E-state index < -0.39 is 5.97 Å². The highest BCUT2D eigenvalue weighted by molar-refractivity contribution is 7.99. The van der Waals surface area contributed by atoms with E-state index in [9.17, 15) is 9.18 Å². The van der Waals surface area contributed by atoms with Crippen molar-refractivity contribution in [3.63, 3.8) is 0 Å². The molecule has 6 heteroatoms. The summed E-state index contributed by atoms with van der Waals surface area (Å²) in [6.07, 6.45) is 2.94. The summed E-state index contributed by atoms with van der Waals surface area (Å²) in [5.74, 6) is -1.26. The van der Waals surface area contributed by atoms with Gasteiger partial charge in [-0.2, -0.15) is 0 Å². The van der Waals surface area contributed by atoms with Crippen molar-refractivity contribution in [1.29, 1.82) is 0 Å². The van der Waals surface area contributed by atoms with Crippen LogP contribution in [0.4, 0.5) is 4.39 Å². The second kappa shape index (κ2) is 6.93. The van der Waals surface area contributed by atoms with E-state index in [0.717, 1.165) is 24.8 Å². The molecule has 0 saturated carbocycles. The first kappa shape index (κ1) is 15.8. The maximum absolute atomic E-state index is 13.4. The van der Waals surface area contributed by atoms with Crippen LogP contribution >= 0.6 is 11.8 Å². The number of imidazole rings is 1. The molecule has 2 aromatic rings. The zero-order valence-electron chi connectivity index (χ0n) is 12.2. The molecule has 1 unspecified atom stereocenters. The van der Waals surface area contributed by atoms with Crippen LogP contribution in [0, 0.1) is 5.82 Å². The lowest BCUT2D eigenvalue weighted by Crippen LogP contribution is -2.10. The van der Waals surface area contributed by atoms with Crippen molar-refractivity contribution in [3.8, 4) is 0 Å². The van der Waals surface area contributed by atoms with Gasteiger partial charge in [0.1, 0.15) is 5.82 Å². The van der Waals surface area contributed by atoms with Gasteiger partial charge in [-0.1, -0.05) is 32.0 Å². The average Bonchev–Trinajstić information content (AvgIpc) is 2.79. The Hall–Kier alpha value is -1.56. The molecule has 0 amide bonds. The van der Waals surface area contributed by atoms with E-state index in [1.807, 2.05) is 0 Å². The largest absolute Gasteiger partial charge is 0.481 e. The van der Waals surface area contributed by atoms with Crippen LogP contribution in [-0.2, 0) is 4.79 Å². The highest BCUT2D eigenvalue weighted by Crippen LogP contribution is 2.31. The van der Waals surface area contributed by atoms with Gasteiger partial charge in [0.25, 0.3) is 0 Å². The number of hydrogen-bond donors (Lipinski definition) is 1. The molecule has 1 aromatic heterocycles. The van der Waals surface area contributed by atoms with Crippen molar-refractivity contribution in [2.75, 3.05) is 5.75 Å². The van der Waals surface area contributed by atoms with E-state index in [1.54, 1.807) is 6.07 Å². The van der Waals surface area contributed by atoms with Crippen molar-refractivity contribution < 1.29 is 14.3 Å². The molecule has 21 heavy (non-hydrogen) atoms. The second-order valence-corrected chi connectivity index (χ2v) is 5.87. The van der Waals surface area contributed by atoms with E-state index >= 15 is 0 Å². The number of benzene rings is 1. The molecule has 0 radical (unpaired) electrons. The van der Waals surface area contributed by atoms with Gasteiger partial charge in [-0.05, 0) is 25.0 Å². The number of nitrogens with zero attached hydrogens (tertiary/aromatic N) is 2. The second-order valence-electron chi connectivity index (χ2n) is 4.93. The van der Waals surface area contributed by atoms with Crippen molar-refractivity contribution in [1.82, 2.24) is 9.55 Å². The summed E-state index contributed by atoms with van der Waals surface area (Å²) in [6.45, 7) is 4.22. The Morgan fingerprint density at radius 3 is 2.86 bits per heavy atom. The van der Waals surface area contributed by atoms with Gasteiger partial charge in [-0.3, -0.25) is 4.79 Å². The highest BCUT2D eigenvalue weighted by Gasteiger charge is 2.19. The lowest BCUT2D eigenvalue weighted by molar-refractivity contribution is -0.133. The van der Waals surface area contributed by atoms with Crippen LogP contribution in [0.25, 0.3) is 11.0 Å². The molecular weight excluding hydrogens is 291 g/mol. The number of hydrogen-bond acceptors (Lipinski definition) is 3. The molecule has 114 valence electrons. The zero-order chi connectivity index (χ0) is 15.4. The van der Waals surface area contributed by atoms with E-state index in [-0.39, 0.29) is 17.6 Å². The molecule has 1 N–H and O–H groups in total. The summed E-state index contributed by atoms with van der Waals surface area (Å²) in [5, 5.41) is 9.52. The third-order valence-corrected chi connectivity index (χ3v) is 4.34. The van der Waals surface area contributed by atoms with E-state index in [2.05, 4.69) is 23.4 Å². The summed E-state index contributed by atoms with van der Waals surface area (Å²) in [7, 11) is 0. The number of carboxylic acids is 1. The first-order chi connectivity index (χ1) is 10.1. The van der Waals surface area contributed by atoms with Crippen molar-refractivity contribution in [2.45, 2.75) is 44.3 Å². The van der Waals surface area contributed by atoms with E-state index in [4.69, 9.17) is 5.11 Å². The predicted octanol–water partition coefficient (Wildman–Crippen LogP) is 4.10. The van der Waals surface area contributed by atoms with Gasteiger partial charge < -0.3 is 9.67 Å². The summed E-state index contributed by atoms with van der Waals surface area (Å²) in [6, 6.07) is 4.79. The van der Waals surface area contributed by atoms with Gasteiger partial charge in [0, 0.05) is 12.1 Å². The molecule has 1 atom stereocenters. The molecule has 0 aliphatic heterocycles. The van der Waals surface area contributed by atoms with Crippen molar-refractivity contribution >= 4 is 28.8 Å². The maximum Gasteiger partial charge on any atom is 0.313 e. The first-order valence-electron chi connectivity index (χ1n) is 7.08. The first-order valence-corrected chi connectivity index (χ1v) is 8.07. The number of aromatic nitrogens is 2. The van der Waals surface area contributed by atoms with Gasteiger partial charge in [0.15, 0.2) is 5.16 Å². The third kappa shape index (κ3) is 3.56. The highest BCUT2D eigenvalue weighted by atomic mass is 32.2. The van der Waals surface area contributed by atoms with Crippen LogP contribution < -0.4 is 0 Å². The molecule has 0 aliphatic rings. The lowest BCUT2D eigenvalue weighted by Gasteiger charge is -2.19. The molecule has 0 fully saturated rings. The summed E-state index contributed by atoms with van der Waals surface area (Å²) in [4.78, 5) is 15.2. The van der Waals surface area contributed by atoms with Crippen molar-refractivity contribution in [2.24, 2.45) is 0 Å². The minimum Gasteiger partial charge on any atom is -0.481 e. The number of aliphatic carboxylic acids is 1. The summed E-state index contributed by atoms with van der Waals surface area (Å²) < 4.78 is 15.4. The van der Waals surface area contributed by atoms with E-state index in [0.29, 0.717) is 10.7 Å². The van der Waals surface area contributed by atoms with Crippen LogP contribution in [0.15, 0.2) is 23.4 Å². The summed E-state index contributed by atoms with van der Waals surface area (Å²) in [5.41, 5.74) is 1.45. The number of fused-ring (bicyclic) bond motifs is 1. The van der Waals surface area contributed by atoms with Crippen LogP contribution in [0.2, 0.25) is 0 Å². The van der Waals surface area contributed by atoms with Crippen LogP contribution in [0.1, 0.15) is 39.2 Å². The molecule has 4 nitrogen and oxygen atoms in total. The fourth-order valence-corrected chi connectivity index (χ4v) is 3.28. The molecule has 1 heterocycles. The van der Waals surface area contributed by atoms with Crippen LogP contribution in [0.3, 0.4) is 0 Å². The minimum absolute atomic E-state index is 0.0473.